The summed E-state index contributed by atoms with van der Waals surface area (Å²) in [4.78, 5) is 27.3. The number of esters is 2. The second-order valence-electron chi connectivity index (χ2n) is 12.2. The van der Waals surface area contributed by atoms with Gasteiger partial charge in [0.15, 0.2) is 0 Å². The molecule has 0 aliphatic heterocycles. The van der Waals surface area contributed by atoms with E-state index in [1.807, 2.05) is 35.7 Å². The van der Waals surface area contributed by atoms with Crippen molar-refractivity contribution in [3.63, 3.8) is 0 Å². The Bertz CT molecular complexity index is 1310. The van der Waals surface area contributed by atoms with Crippen LogP contribution >= 0.6 is 0 Å². The van der Waals surface area contributed by atoms with Crippen LogP contribution in [0.15, 0.2) is 12.1 Å². The molecule has 1 aromatic rings. The predicted octanol–water partition coefficient (Wildman–Crippen LogP) is 1.87. The van der Waals surface area contributed by atoms with Crippen molar-refractivity contribution in [1.29, 1.82) is 0 Å². The molecule has 0 spiro atoms. The van der Waals surface area contributed by atoms with E-state index in [4.69, 9.17) is 9.29 Å². The molecule has 230 valence electrons. The van der Waals surface area contributed by atoms with Crippen molar-refractivity contribution >= 4 is 45.6 Å². The number of hydrogen-bond donors (Lipinski definition) is 1. The Balaban J connectivity index is 1.71. The Morgan fingerprint density at radius 2 is 1.31 bits per heavy atom. The van der Waals surface area contributed by atoms with E-state index in [1.165, 1.54) is 0 Å². The van der Waals surface area contributed by atoms with Crippen molar-refractivity contribution in [2.75, 3.05) is 5.75 Å². The van der Waals surface area contributed by atoms with Crippen molar-refractivity contribution in [3.05, 3.63) is 28.8 Å². The highest BCUT2D eigenvalue weighted by atomic mass is 32.2. The smallest absolute Gasteiger partial charge is 0.438 e. The first kappa shape index (κ1) is 32.8. The molecule has 17 heteroatoms. The minimum absolute atomic E-state index is 0.110. The topological polar surface area (TPSA) is 107 Å². The molecule has 0 heterocycles. The molecule has 1 aromatic carbocycles. The van der Waals surface area contributed by atoms with Gasteiger partial charge < -0.3 is 9.47 Å². The largest absolute Gasteiger partial charge is 0.438 e. The van der Waals surface area contributed by atoms with Gasteiger partial charge in [-0.2, -0.15) is 34.8 Å². The molecule has 4 saturated carbocycles. The van der Waals surface area contributed by atoms with Crippen LogP contribution in [0, 0.1) is 22.7 Å². The third-order valence-electron chi connectivity index (χ3n) is 9.16. The Kier molecular flexibility index (Phi) is 8.41. The lowest BCUT2D eigenvalue weighted by Gasteiger charge is -2.59. The van der Waals surface area contributed by atoms with Crippen LogP contribution in [0.2, 0.25) is 0 Å². The monoisotopic (exact) mass is 622 g/mol. The van der Waals surface area contributed by atoms with E-state index in [1.54, 1.807) is 0 Å². The molecule has 0 radical (unpaired) electrons. The molecule has 1 N–H and O–H groups in total. The van der Waals surface area contributed by atoms with Crippen LogP contribution < -0.4 is 4.74 Å². The van der Waals surface area contributed by atoms with Crippen LogP contribution in [-0.4, -0.2) is 72.2 Å². The highest BCUT2D eigenvalue weighted by Gasteiger charge is 2.77. The summed E-state index contributed by atoms with van der Waals surface area (Å²) < 4.78 is 125. The van der Waals surface area contributed by atoms with Crippen LogP contribution in [0.4, 0.5) is 26.3 Å². The first-order chi connectivity index (χ1) is 19.2. The molecule has 5 rings (SSSR count). The molecule has 42 heavy (non-hydrogen) atoms. The molecule has 4 fully saturated rings. The quantitative estimate of drug-likeness (QED) is 0.148. The van der Waals surface area contributed by atoms with Crippen molar-refractivity contribution in [2.24, 2.45) is 22.7 Å². The summed E-state index contributed by atoms with van der Waals surface area (Å²) >= 11 is 0. The first-order valence-electron chi connectivity index (χ1n) is 13.9. The minimum Gasteiger partial charge on any atom is -0.438 e. The SMILES string of the molecule is BCc1cc(CB)c(OC(=O)C23CC4CC(C2)CC(C(=O)OC(CS(=O)(=O)O)(C(F)(F)F)C(F)(F)F)(C4)C3)c(CB)c1. The Hall–Kier alpha value is -2.16. The number of halogens is 6. The van der Waals surface area contributed by atoms with Gasteiger partial charge in [-0.15, -0.1) is 0 Å². The van der Waals surface area contributed by atoms with Crippen LogP contribution in [0.1, 0.15) is 55.2 Å². The third-order valence-corrected chi connectivity index (χ3v) is 9.93. The Labute approximate surface area is 242 Å². The summed E-state index contributed by atoms with van der Waals surface area (Å²) in [5, 5.41) is 0. The maximum Gasteiger partial charge on any atom is 0.438 e. The molecule has 4 aliphatic carbocycles. The standard InChI is InChI=1S/C25H31B3F6O7S/c26-8-13-2-16(9-27)18(17(3-13)10-28)40-19(35)21-4-14-1-15(5-21)7-22(6-14,11-21)20(36)41-23(24(29,30)31,25(32,33)34)12-42(37,38)39/h2-3,14-15H,1,4-12,26-28H2,(H,37,38,39). The van der Waals surface area contributed by atoms with E-state index in [9.17, 15) is 44.3 Å². The van der Waals surface area contributed by atoms with Gasteiger partial charge in [-0.1, -0.05) is 36.7 Å². The van der Waals surface area contributed by atoms with Crippen LogP contribution in [0.3, 0.4) is 0 Å². The lowest BCUT2D eigenvalue weighted by molar-refractivity contribution is -0.364. The van der Waals surface area contributed by atoms with Gasteiger partial charge >= 0.3 is 29.9 Å². The van der Waals surface area contributed by atoms with Gasteiger partial charge in [0.05, 0.1) is 10.8 Å². The normalized spacial score (nSPS) is 27.6. The van der Waals surface area contributed by atoms with Gasteiger partial charge in [-0.25, -0.2) is 0 Å². The van der Waals surface area contributed by atoms with E-state index < -0.39 is 63.0 Å². The van der Waals surface area contributed by atoms with Gasteiger partial charge in [-0.3, -0.25) is 14.1 Å². The Morgan fingerprint density at radius 3 is 1.69 bits per heavy atom. The first-order valence-corrected chi connectivity index (χ1v) is 15.5. The maximum atomic E-state index is 13.9. The maximum absolute atomic E-state index is 13.9. The summed E-state index contributed by atoms with van der Waals surface area (Å²) in [6.07, 6.45) is -10.6. The van der Waals surface area contributed by atoms with Crippen molar-refractivity contribution in [2.45, 2.75) is 75.4 Å². The highest BCUT2D eigenvalue weighted by Crippen LogP contribution is 2.66. The predicted molar refractivity (Wildman–Crippen MR) is 146 cm³/mol. The number of rotatable bonds is 9. The minimum atomic E-state index is -6.42. The average molecular weight is 622 g/mol. The number of carbonyl (C=O) groups excluding carboxylic acids is 2. The van der Waals surface area contributed by atoms with Gasteiger partial charge in [0.25, 0.3) is 10.1 Å². The van der Waals surface area contributed by atoms with Gasteiger partial charge in [-0.05, 0) is 61.5 Å². The van der Waals surface area contributed by atoms with E-state index in [2.05, 4.69) is 4.74 Å². The van der Waals surface area contributed by atoms with E-state index >= 15 is 0 Å². The molecule has 0 amide bonds. The van der Waals surface area contributed by atoms with Crippen LogP contribution in [0.5, 0.6) is 5.75 Å². The fourth-order valence-electron chi connectivity index (χ4n) is 7.62. The van der Waals surface area contributed by atoms with Crippen LogP contribution in [0.25, 0.3) is 0 Å². The fourth-order valence-corrected chi connectivity index (χ4v) is 8.52. The molecule has 7 nitrogen and oxygen atoms in total. The summed E-state index contributed by atoms with van der Waals surface area (Å²) in [6.45, 7) is 0. The molecule has 0 saturated heterocycles. The van der Waals surface area contributed by atoms with E-state index in [0.717, 1.165) is 23.0 Å². The van der Waals surface area contributed by atoms with Crippen molar-refractivity contribution in [3.8, 4) is 5.75 Å². The zero-order valence-corrected chi connectivity index (χ0v) is 24.3. The lowest BCUT2D eigenvalue weighted by atomic mass is 9.44. The summed E-state index contributed by atoms with van der Waals surface area (Å²) in [7, 11) is -0.157. The van der Waals surface area contributed by atoms with Gasteiger partial charge in [0.2, 0.25) is 0 Å². The Morgan fingerprint density at radius 1 is 0.857 bits per heavy atom. The molecule has 2 atom stereocenters. The number of ether oxygens (including phenoxy) is 2. The molecule has 0 aromatic heterocycles. The summed E-state index contributed by atoms with van der Waals surface area (Å²) in [6, 6.07) is 3.84. The van der Waals surface area contributed by atoms with Gasteiger partial charge in [0.1, 0.15) is 35.0 Å². The van der Waals surface area contributed by atoms with Crippen molar-refractivity contribution < 1.29 is 58.4 Å². The molecule has 4 aliphatic rings. The highest BCUT2D eigenvalue weighted by molar-refractivity contribution is 7.85. The number of alkyl halides is 6. The number of benzene rings is 1. The van der Waals surface area contributed by atoms with Gasteiger partial charge in [0, 0.05) is 0 Å². The van der Waals surface area contributed by atoms with Crippen LogP contribution in [-0.2, 0) is 43.4 Å². The zero-order chi connectivity index (χ0) is 31.5. The number of carbonyl (C=O) groups is 2. The van der Waals surface area contributed by atoms with E-state index in [0.29, 0.717) is 24.8 Å². The van der Waals surface area contributed by atoms with E-state index in [-0.39, 0.29) is 37.5 Å². The second kappa shape index (κ2) is 10.8. The molecular formula is C25H31B3F6O7S. The summed E-state index contributed by atoms with van der Waals surface area (Å²) in [5.74, 6) is -5.88. The second-order valence-corrected chi connectivity index (χ2v) is 13.6. The lowest BCUT2D eigenvalue weighted by Crippen LogP contribution is -2.66. The van der Waals surface area contributed by atoms with Crippen molar-refractivity contribution in [1.82, 2.24) is 0 Å². The fraction of sp³-hybridized carbons (Fsp3) is 0.680. The third kappa shape index (κ3) is 5.71. The molecular weight excluding hydrogens is 591 g/mol. The average Bonchev–Trinajstić information content (AvgIpc) is 2.85. The number of hydrogen-bond acceptors (Lipinski definition) is 6. The molecule has 2 unspecified atom stereocenters. The summed E-state index contributed by atoms with van der Waals surface area (Å²) in [5.41, 5.74) is -6.12. The molecule has 4 bridgehead atoms. The zero-order valence-electron chi connectivity index (χ0n) is 23.5.